The lowest BCUT2D eigenvalue weighted by molar-refractivity contribution is -0.384. The van der Waals surface area contributed by atoms with Crippen LogP contribution in [-0.4, -0.2) is 61.6 Å². The first-order chi connectivity index (χ1) is 17.6. The molecule has 36 heavy (non-hydrogen) atoms. The van der Waals surface area contributed by atoms with Crippen LogP contribution in [0.5, 0.6) is 0 Å². The normalized spacial score (nSPS) is 17.6. The number of anilines is 1. The zero-order chi connectivity index (χ0) is 25.3. The topological polar surface area (TPSA) is 83.6 Å². The van der Waals surface area contributed by atoms with Gasteiger partial charge in [0, 0.05) is 55.3 Å². The van der Waals surface area contributed by atoms with Crippen LogP contribution in [0.3, 0.4) is 0 Å². The number of ether oxygens (including phenoxy) is 1. The largest absolute Gasteiger partial charge is 0.378 e. The van der Waals surface area contributed by atoms with E-state index in [4.69, 9.17) is 4.74 Å². The summed E-state index contributed by atoms with van der Waals surface area (Å²) >= 11 is 0. The van der Waals surface area contributed by atoms with E-state index in [1.54, 1.807) is 18.3 Å². The number of nitrogens with zero attached hydrogens (tertiary/aromatic N) is 5. The van der Waals surface area contributed by atoms with Gasteiger partial charge in [-0.3, -0.25) is 10.1 Å². The van der Waals surface area contributed by atoms with Crippen molar-refractivity contribution in [3.8, 4) is 0 Å². The molecule has 0 bridgehead atoms. The second-order valence-electron chi connectivity index (χ2n) is 8.75. The third-order valence-corrected chi connectivity index (χ3v) is 6.53. The minimum atomic E-state index is -0.413. The Bertz CT molecular complexity index is 1170. The maximum atomic E-state index is 11.0. The van der Waals surface area contributed by atoms with Gasteiger partial charge in [-0.1, -0.05) is 24.3 Å². The molecule has 188 valence electrons. The van der Waals surface area contributed by atoms with Crippen molar-refractivity contribution in [2.24, 2.45) is 10.2 Å². The van der Waals surface area contributed by atoms with Gasteiger partial charge in [-0.2, -0.15) is 10.2 Å². The zero-order valence-corrected chi connectivity index (χ0v) is 21.0. The van der Waals surface area contributed by atoms with Gasteiger partial charge in [-0.05, 0) is 61.6 Å². The summed E-state index contributed by atoms with van der Waals surface area (Å²) in [6, 6.07) is 15.1. The number of hydrogen-bond donors (Lipinski definition) is 0. The molecule has 0 saturated carbocycles. The Morgan fingerprint density at radius 2 is 1.72 bits per heavy atom. The average Bonchev–Trinajstić information content (AvgIpc) is 3.31. The standard InChI is InChI=1S/C28H33N5O3/c1-3-31(4-2)26-12-8-22(9-13-26)18-24-10-11-25(28(24)32-14-16-36-17-15-32)21-30-29-20-23-6-5-7-27(19-23)33(34)35/h5-9,12-13,18-21H,3-4,10-11,14-17H2,1-2H3/b24-18+,29-20-,30-21-. The molecule has 8 nitrogen and oxygen atoms in total. The van der Waals surface area contributed by atoms with Crippen LogP contribution in [0.2, 0.25) is 0 Å². The first kappa shape index (κ1) is 25.3. The number of benzene rings is 2. The van der Waals surface area contributed by atoms with Crippen LogP contribution in [0.1, 0.15) is 37.8 Å². The molecule has 8 heteroatoms. The van der Waals surface area contributed by atoms with Crippen LogP contribution in [-0.2, 0) is 4.74 Å². The molecule has 4 rings (SSSR count). The van der Waals surface area contributed by atoms with Gasteiger partial charge in [-0.15, -0.1) is 0 Å². The Balaban J connectivity index is 1.56. The Morgan fingerprint density at radius 1 is 1.00 bits per heavy atom. The lowest BCUT2D eigenvalue weighted by Gasteiger charge is -2.31. The van der Waals surface area contributed by atoms with E-state index in [0.29, 0.717) is 18.8 Å². The fourth-order valence-corrected chi connectivity index (χ4v) is 4.66. The van der Waals surface area contributed by atoms with Gasteiger partial charge < -0.3 is 14.5 Å². The number of hydrogen-bond acceptors (Lipinski definition) is 7. The van der Waals surface area contributed by atoms with E-state index >= 15 is 0 Å². The SMILES string of the molecule is CCN(CC)c1ccc(/C=C2\CCC(/C=N\N=C/c3cccc([N+](=O)[O-])c3)=C2N2CCOCC2)cc1. The van der Waals surface area contributed by atoms with Crippen molar-refractivity contribution in [3.63, 3.8) is 0 Å². The Labute approximate surface area is 212 Å². The van der Waals surface area contributed by atoms with Crippen LogP contribution >= 0.6 is 0 Å². The van der Waals surface area contributed by atoms with Crippen LogP contribution in [0.15, 0.2) is 75.6 Å². The summed E-state index contributed by atoms with van der Waals surface area (Å²) in [5.74, 6) is 0. The first-order valence-electron chi connectivity index (χ1n) is 12.5. The molecular weight excluding hydrogens is 454 g/mol. The third kappa shape index (κ3) is 6.26. The Morgan fingerprint density at radius 3 is 2.42 bits per heavy atom. The Kier molecular flexibility index (Phi) is 8.62. The van der Waals surface area contributed by atoms with Crippen LogP contribution in [0.4, 0.5) is 11.4 Å². The number of nitro benzene ring substituents is 1. The number of nitro groups is 1. The quantitative estimate of drug-likeness (QED) is 0.272. The maximum Gasteiger partial charge on any atom is 0.270 e. The predicted octanol–water partition coefficient (Wildman–Crippen LogP) is 5.31. The van der Waals surface area contributed by atoms with E-state index in [0.717, 1.165) is 44.6 Å². The average molecular weight is 488 g/mol. The van der Waals surface area contributed by atoms with E-state index in [2.05, 4.69) is 64.2 Å². The number of rotatable bonds is 9. The summed E-state index contributed by atoms with van der Waals surface area (Å²) in [5.41, 5.74) is 6.79. The molecule has 0 radical (unpaired) electrons. The molecule has 0 N–H and O–H groups in total. The molecule has 1 aliphatic heterocycles. The molecular formula is C28H33N5O3. The lowest BCUT2D eigenvalue weighted by Crippen LogP contribution is -2.36. The number of morpholine rings is 1. The molecule has 2 aromatic rings. The van der Waals surface area contributed by atoms with Gasteiger partial charge in [0.1, 0.15) is 0 Å². The second kappa shape index (κ2) is 12.3. The van der Waals surface area contributed by atoms with Gasteiger partial charge in [-0.25, -0.2) is 0 Å². The highest BCUT2D eigenvalue weighted by Crippen LogP contribution is 2.35. The summed E-state index contributed by atoms with van der Waals surface area (Å²) in [4.78, 5) is 15.3. The van der Waals surface area contributed by atoms with Crippen LogP contribution in [0, 0.1) is 10.1 Å². The maximum absolute atomic E-state index is 11.0. The third-order valence-electron chi connectivity index (χ3n) is 6.53. The summed E-state index contributed by atoms with van der Waals surface area (Å²) in [6.07, 6.45) is 7.49. The fourth-order valence-electron chi connectivity index (χ4n) is 4.66. The van der Waals surface area contributed by atoms with Gasteiger partial charge in [0.05, 0.1) is 30.6 Å². The molecule has 0 unspecified atom stereocenters. The second-order valence-corrected chi connectivity index (χ2v) is 8.75. The van der Waals surface area contributed by atoms with E-state index < -0.39 is 4.92 Å². The van der Waals surface area contributed by atoms with Gasteiger partial charge in [0.2, 0.25) is 0 Å². The zero-order valence-electron chi connectivity index (χ0n) is 21.0. The summed E-state index contributed by atoms with van der Waals surface area (Å²) < 4.78 is 5.59. The number of allylic oxidation sites excluding steroid dienone is 2. The van der Waals surface area contributed by atoms with E-state index in [1.807, 2.05) is 6.21 Å². The minimum Gasteiger partial charge on any atom is -0.378 e. The molecule has 1 saturated heterocycles. The lowest BCUT2D eigenvalue weighted by atomic mass is 10.1. The molecule has 0 atom stereocenters. The smallest absolute Gasteiger partial charge is 0.270 e. The van der Waals surface area contributed by atoms with E-state index in [9.17, 15) is 10.1 Å². The summed E-state index contributed by atoms with van der Waals surface area (Å²) in [5, 5.41) is 19.4. The predicted molar refractivity (Wildman–Crippen MR) is 146 cm³/mol. The highest BCUT2D eigenvalue weighted by atomic mass is 16.6. The van der Waals surface area contributed by atoms with Gasteiger partial charge in [0.15, 0.2) is 0 Å². The van der Waals surface area contributed by atoms with Gasteiger partial charge in [0.25, 0.3) is 5.69 Å². The van der Waals surface area contributed by atoms with Crippen molar-refractivity contribution < 1.29 is 9.66 Å². The van der Waals surface area contributed by atoms with Crippen LogP contribution in [0.25, 0.3) is 6.08 Å². The Hall–Kier alpha value is -3.78. The van der Waals surface area contributed by atoms with Crippen molar-refractivity contribution in [2.75, 3.05) is 44.3 Å². The molecule has 1 aliphatic carbocycles. The van der Waals surface area contributed by atoms with Crippen LogP contribution < -0.4 is 4.90 Å². The monoisotopic (exact) mass is 487 g/mol. The molecule has 1 fully saturated rings. The fraction of sp³-hybridized carbons (Fsp3) is 0.357. The highest BCUT2D eigenvalue weighted by Gasteiger charge is 2.25. The van der Waals surface area contributed by atoms with Crippen molar-refractivity contribution >= 4 is 29.9 Å². The van der Waals surface area contributed by atoms with E-state index in [1.165, 1.54) is 34.7 Å². The van der Waals surface area contributed by atoms with Gasteiger partial charge >= 0.3 is 0 Å². The summed E-state index contributed by atoms with van der Waals surface area (Å²) in [7, 11) is 0. The molecule has 0 amide bonds. The summed E-state index contributed by atoms with van der Waals surface area (Å²) in [6.45, 7) is 9.46. The highest BCUT2D eigenvalue weighted by molar-refractivity contribution is 5.85. The van der Waals surface area contributed by atoms with E-state index in [-0.39, 0.29) is 5.69 Å². The molecule has 0 spiro atoms. The first-order valence-corrected chi connectivity index (χ1v) is 12.5. The van der Waals surface area contributed by atoms with Crippen molar-refractivity contribution in [3.05, 3.63) is 86.6 Å². The van der Waals surface area contributed by atoms with Crippen molar-refractivity contribution in [2.45, 2.75) is 26.7 Å². The van der Waals surface area contributed by atoms with Crippen molar-refractivity contribution in [1.82, 2.24) is 4.90 Å². The molecule has 0 aromatic heterocycles. The van der Waals surface area contributed by atoms with Crippen molar-refractivity contribution in [1.29, 1.82) is 0 Å². The molecule has 2 aliphatic rings. The minimum absolute atomic E-state index is 0.0379. The molecule has 2 aromatic carbocycles. The number of non-ortho nitro benzene ring substituents is 1. The molecule has 1 heterocycles.